The van der Waals surface area contributed by atoms with Crippen LogP contribution in [0.1, 0.15) is 11.8 Å². The van der Waals surface area contributed by atoms with Crippen LogP contribution in [0.4, 0.5) is 4.79 Å². The van der Waals surface area contributed by atoms with Gasteiger partial charge in [0.15, 0.2) is 0 Å². The lowest BCUT2D eigenvalue weighted by atomic mass is 10.3. The first-order chi connectivity index (χ1) is 8.29. The third-order valence-electron chi connectivity index (χ3n) is 2.95. The molecule has 1 N–H and O–H groups in total. The molecular formula is C12H19N3OS. The lowest BCUT2D eigenvalue weighted by molar-refractivity contribution is 0.136. The lowest BCUT2D eigenvalue weighted by Gasteiger charge is -2.34. The number of carbonyl (C=O) groups excluding carboxylic acids is 1. The average Bonchev–Trinajstić information content (AvgIpc) is 2.83. The van der Waals surface area contributed by atoms with E-state index in [4.69, 9.17) is 0 Å². The summed E-state index contributed by atoms with van der Waals surface area (Å²) in [6.07, 6.45) is 0. The lowest BCUT2D eigenvalue weighted by Crippen LogP contribution is -2.51. The summed E-state index contributed by atoms with van der Waals surface area (Å²) < 4.78 is 0. The van der Waals surface area contributed by atoms with E-state index in [0.717, 1.165) is 32.7 Å². The van der Waals surface area contributed by atoms with Crippen molar-refractivity contribution in [3.8, 4) is 0 Å². The molecular weight excluding hydrogens is 234 g/mol. The zero-order chi connectivity index (χ0) is 12.1. The van der Waals surface area contributed by atoms with Crippen molar-refractivity contribution >= 4 is 17.4 Å². The van der Waals surface area contributed by atoms with Gasteiger partial charge in [-0.2, -0.15) is 0 Å². The Bertz CT molecular complexity index is 345. The van der Waals surface area contributed by atoms with E-state index < -0.39 is 0 Å². The van der Waals surface area contributed by atoms with Gasteiger partial charge in [0.1, 0.15) is 0 Å². The maximum Gasteiger partial charge on any atom is 0.317 e. The van der Waals surface area contributed by atoms with Crippen LogP contribution in [0.25, 0.3) is 0 Å². The minimum absolute atomic E-state index is 0.0725. The molecule has 1 saturated heterocycles. The highest BCUT2D eigenvalue weighted by molar-refractivity contribution is 7.09. The molecule has 1 fully saturated rings. The molecule has 2 rings (SSSR count). The average molecular weight is 253 g/mol. The quantitative estimate of drug-likeness (QED) is 0.888. The molecule has 0 saturated carbocycles. The van der Waals surface area contributed by atoms with Crippen molar-refractivity contribution in [2.75, 3.05) is 32.7 Å². The van der Waals surface area contributed by atoms with E-state index in [1.807, 2.05) is 11.8 Å². The van der Waals surface area contributed by atoms with Crippen LogP contribution in [0.3, 0.4) is 0 Å². The first-order valence-electron chi connectivity index (χ1n) is 6.07. The molecule has 0 radical (unpaired) electrons. The van der Waals surface area contributed by atoms with Crippen LogP contribution in [-0.4, -0.2) is 48.6 Å². The summed E-state index contributed by atoms with van der Waals surface area (Å²) in [6.45, 7) is 7.26. The molecule has 1 aliphatic rings. The molecule has 0 aromatic carbocycles. The molecule has 0 atom stereocenters. The molecule has 0 unspecified atom stereocenters. The number of hydrogen-bond donors (Lipinski definition) is 1. The Morgan fingerprint density at radius 1 is 1.41 bits per heavy atom. The zero-order valence-electron chi connectivity index (χ0n) is 10.2. The Labute approximate surface area is 106 Å². The van der Waals surface area contributed by atoms with Crippen molar-refractivity contribution in [3.05, 3.63) is 22.4 Å². The van der Waals surface area contributed by atoms with Gasteiger partial charge in [0.05, 0.1) is 0 Å². The summed E-state index contributed by atoms with van der Waals surface area (Å²) in [5.41, 5.74) is 0. The van der Waals surface area contributed by atoms with Gasteiger partial charge in [-0.25, -0.2) is 4.79 Å². The third-order valence-corrected chi connectivity index (χ3v) is 3.81. The Morgan fingerprint density at radius 2 is 2.18 bits per heavy atom. The summed E-state index contributed by atoms with van der Waals surface area (Å²) in [6, 6.07) is 4.33. The van der Waals surface area contributed by atoms with Crippen molar-refractivity contribution in [1.82, 2.24) is 15.1 Å². The Kier molecular flexibility index (Phi) is 4.39. The first kappa shape index (κ1) is 12.4. The van der Waals surface area contributed by atoms with E-state index in [1.165, 1.54) is 4.88 Å². The van der Waals surface area contributed by atoms with E-state index in [2.05, 4.69) is 27.7 Å². The van der Waals surface area contributed by atoms with Crippen LogP contribution in [-0.2, 0) is 6.54 Å². The second-order valence-electron chi connectivity index (χ2n) is 4.18. The Morgan fingerprint density at radius 3 is 2.76 bits per heavy atom. The van der Waals surface area contributed by atoms with Crippen LogP contribution in [0.15, 0.2) is 17.5 Å². The second-order valence-corrected chi connectivity index (χ2v) is 5.21. The van der Waals surface area contributed by atoms with Crippen molar-refractivity contribution in [3.63, 3.8) is 0 Å². The molecule has 1 aromatic rings. The van der Waals surface area contributed by atoms with Crippen LogP contribution < -0.4 is 5.32 Å². The highest BCUT2D eigenvalue weighted by Crippen LogP contribution is 2.13. The minimum atomic E-state index is 0.0725. The summed E-state index contributed by atoms with van der Waals surface area (Å²) in [5, 5.41) is 4.96. The normalized spacial score (nSPS) is 17.1. The van der Waals surface area contributed by atoms with E-state index in [-0.39, 0.29) is 6.03 Å². The van der Waals surface area contributed by atoms with Crippen LogP contribution in [0, 0.1) is 0 Å². The van der Waals surface area contributed by atoms with Crippen molar-refractivity contribution in [2.24, 2.45) is 0 Å². The molecule has 0 bridgehead atoms. The van der Waals surface area contributed by atoms with Gasteiger partial charge < -0.3 is 10.2 Å². The van der Waals surface area contributed by atoms with Gasteiger partial charge in [-0.05, 0) is 18.4 Å². The van der Waals surface area contributed by atoms with Gasteiger partial charge in [-0.15, -0.1) is 11.3 Å². The van der Waals surface area contributed by atoms with Crippen LogP contribution in [0.5, 0.6) is 0 Å². The van der Waals surface area contributed by atoms with Gasteiger partial charge >= 0.3 is 6.03 Å². The number of nitrogens with one attached hydrogen (secondary N) is 1. The smallest absolute Gasteiger partial charge is 0.317 e. The number of urea groups is 1. The highest BCUT2D eigenvalue weighted by atomic mass is 32.1. The van der Waals surface area contributed by atoms with E-state index in [9.17, 15) is 4.79 Å². The molecule has 0 aliphatic carbocycles. The predicted molar refractivity (Wildman–Crippen MR) is 70.2 cm³/mol. The van der Waals surface area contributed by atoms with Crippen molar-refractivity contribution in [1.29, 1.82) is 0 Å². The van der Waals surface area contributed by atoms with Gasteiger partial charge in [-0.3, -0.25) is 4.90 Å². The second kappa shape index (κ2) is 6.02. The van der Waals surface area contributed by atoms with Crippen molar-refractivity contribution in [2.45, 2.75) is 13.5 Å². The summed E-state index contributed by atoms with van der Waals surface area (Å²) >= 11 is 1.80. The zero-order valence-corrected chi connectivity index (χ0v) is 11.0. The fraction of sp³-hybridized carbons (Fsp3) is 0.583. The van der Waals surface area contributed by atoms with Gasteiger partial charge in [0, 0.05) is 44.1 Å². The largest absolute Gasteiger partial charge is 0.338 e. The molecule has 4 nitrogen and oxygen atoms in total. The number of nitrogens with zero attached hydrogens (tertiary/aromatic N) is 2. The number of thiophene rings is 1. The third kappa shape index (κ3) is 3.44. The number of piperazine rings is 1. The standard InChI is InChI=1S/C12H19N3OS/c1-2-13-12(16)15-7-5-14(6-8-15)10-11-4-3-9-17-11/h3-4,9H,2,5-8,10H2,1H3,(H,13,16). The molecule has 2 heterocycles. The molecule has 17 heavy (non-hydrogen) atoms. The van der Waals surface area contributed by atoms with Gasteiger partial charge in [0.25, 0.3) is 0 Å². The molecule has 1 aromatic heterocycles. The topological polar surface area (TPSA) is 35.6 Å². The SMILES string of the molecule is CCNC(=O)N1CCN(Cc2cccs2)CC1. The number of amides is 2. The number of rotatable bonds is 3. The number of hydrogen-bond acceptors (Lipinski definition) is 3. The fourth-order valence-corrected chi connectivity index (χ4v) is 2.74. The van der Waals surface area contributed by atoms with E-state index in [1.54, 1.807) is 11.3 Å². The molecule has 94 valence electrons. The highest BCUT2D eigenvalue weighted by Gasteiger charge is 2.20. The summed E-state index contributed by atoms with van der Waals surface area (Å²) in [5.74, 6) is 0. The van der Waals surface area contributed by atoms with Crippen LogP contribution >= 0.6 is 11.3 Å². The van der Waals surface area contributed by atoms with E-state index in [0.29, 0.717) is 6.54 Å². The van der Waals surface area contributed by atoms with E-state index >= 15 is 0 Å². The first-order valence-corrected chi connectivity index (χ1v) is 6.95. The van der Waals surface area contributed by atoms with Gasteiger partial charge in [0.2, 0.25) is 0 Å². The molecule has 1 aliphatic heterocycles. The van der Waals surface area contributed by atoms with Gasteiger partial charge in [-0.1, -0.05) is 6.07 Å². The predicted octanol–water partition coefficient (Wildman–Crippen LogP) is 1.60. The summed E-state index contributed by atoms with van der Waals surface area (Å²) in [4.78, 5) is 17.3. The molecule has 2 amide bonds. The monoisotopic (exact) mass is 253 g/mol. The fourth-order valence-electron chi connectivity index (χ4n) is 2.00. The minimum Gasteiger partial charge on any atom is -0.338 e. The van der Waals surface area contributed by atoms with Crippen LogP contribution in [0.2, 0.25) is 0 Å². The Balaban J connectivity index is 1.76. The van der Waals surface area contributed by atoms with Crippen molar-refractivity contribution < 1.29 is 4.79 Å². The molecule has 0 spiro atoms. The summed E-state index contributed by atoms with van der Waals surface area (Å²) in [7, 11) is 0. The molecule has 5 heteroatoms. The maximum atomic E-state index is 11.6. The number of carbonyl (C=O) groups is 1. The Hall–Kier alpha value is -1.07. The maximum absolute atomic E-state index is 11.6.